The van der Waals surface area contributed by atoms with Crippen LogP contribution in [-0.2, 0) is 28.7 Å². The number of nitrogens with one attached hydrogen (secondary N) is 1. The molecule has 10 nitrogen and oxygen atoms in total. The molecule has 5 N–H and O–H groups in total. The van der Waals surface area contributed by atoms with E-state index in [4.69, 9.17) is 14.6 Å². The number of ether oxygens (including phenoxy) is 2. The van der Waals surface area contributed by atoms with Gasteiger partial charge in [-0.2, -0.15) is 0 Å². The molecular formula is C13H21N3O7. The third-order valence-electron chi connectivity index (χ3n) is 2.63. The van der Waals surface area contributed by atoms with E-state index in [0.29, 0.717) is 0 Å². The smallest absolute Gasteiger partial charge is 0.329 e. The average Bonchev–Trinajstić information content (AvgIpc) is 2.78. The number of amides is 3. The molecule has 0 aromatic rings. The number of carboxylic acids is 1. The Bertz CT molecular complexity index is 446. The van der Waals surface area contributed by atoms with Crippen LogP contribution in [0.15, 0.2) is 12.2 Å². The molecule has 0 unspecified atom stereocenters. The topological polar surface area (TPSA) is 157 Å². The largest absolute Gasteiger partial charge is 0.480 e. The number of hydrogen-bond acceptors (Lipinski definition) is 7. The maximum Gasteiger partial charge on any atom is 0.329 e. The summed E-state index contributed by atoms with van der Waals surface area (Å²) < 4.78 is 9.87. The third-order valence-corrected chi connectivity index (χ3v) is 2.63. The summed E-state index contributed by atoms with van der Waals surface area (Å²) in [5.74, 6) is -2.17. The van der Waals surface area contributed by atoms with Crippen molar-refractivity contribution in [2.45, 2.75) is 6.42 Å². The lowest BCUT2D eigenvalue weighted by Gasteiger charge is -2.13. The van der Waals surface area contributed by atoms with E-state index in [-0.39, 0.29) is 58.0 Å². The third kappa shape index (κ3) is 8.66. The molecule has 130 valence electrons. The van der Waals surface area contributed by atoms with Crippen molar-refractivity contribution < 1.29 is 33.8 Å². The minimum Gasteiger partial charge on any atom is -0.480 e. The van der Waals surface area contributed by atoms with E-state index in [0.717, 1.165) is 4.90 Å². The van der Waals surface area contributed by atoms with Gasteiger partial charge in [-0.1, -0.05) is 0 Å². The summed E-state index contributed by atoms with van der Waals surface area (Å²) in [5.41, 5.74) is 0. The standard InChI is InChI=1S/C13H18N2O7.H3N/c16-10(3-5-15-11(17)1-2-12(15)18)14-4-6-21-7-8-22-9-13(19)20;/h1-2H,3-9H2,(H,14,16)(H,19,20);1H3. The molecule has 1 aliphatic heterocycles. The Kier molecular flexibility index (Phi) is 10.2. The van der Waals surface area contributed by atoms with Crippen molar-refractivity contribution in [1.29, 1.82) is 0 Å². The number of nitrogens with zero attached hydrogens (tertiary/aromatic N) is 1. The summed E-state index contributed by atoms with van der Waals surface area (Å²) in [6.07, 6.45) is 2.36. The van der Waals surface area contributed by atoms with Crippen molar-refractivity contribution in [1.82, 2.24) is 16.4 Å². The first-order valence-corrected chi connectivity index (χ1v) is 6.68. The Balaban J connectivity index is 0.00000484. The van der Waals surface area contributed by atoms with Gasteiger partial charge in [0.1, 0.15) is 6.61 Å². The van der Waals surface area contributed by atoms with Crippen molar-refractivity contribution in [2.24, 2.45) is 0 Å². The lowest BCUT2D eigenvalue weighted by atomic mass is 10.3. The van der Waals surface area contributed by atoms with Crippen LogP contribution in [0.2, 0.25) is 0 Å². The van der Waals surface area contributed by atoms with E-state index in [1.807, 2.05) is 0 Å². The molecule has 1 aliphatic rings. The molecule has 0 spiro atoms. The van der Waals surface area contributed by atoms with Crippen molar-refractivity contribution in [2.75, 3.05) is 39.5 Å². The highest BCUT2D eigenvalue weighted by atomic mass is 16.5. The van der Waals surface area contributed by atoms with E-state index in [1.54, 1.807) is 0 Å². The van der Waals surface area contributed by atoms with Gasteiger partial charge in [-0.3, -0.25) is 19.3 Å². The van der Waals surface area contributed by atoms with Gasteiger partial charge in [-0.15, -0.1) is 0 Å². The molecule has 0 aromatic carbocycles. The Morgan fingerprint density at radius 3 is 2.30 bits per heavy atom. The SMILES string of the molecule is N.O=C(O)COCCOCCNC(=O)CCN1C(=O)C=CC1=O. The average molecular weight is 331 g/mol. The van der Waals surface area contributed by atoms with Crippen LogP contribution in [0.25, 0.3) is 0 Å². The first-order valence-electron chi connectivity index (χ1n) is 6.68. The maximum atomic E-state index is 11.5. The van der Waals surface area contributed by atoms with E-state index >= 15 is 0 Å². The summed E-state index contributed by atoms with van der Waals surface area (Å²) in [6, 6.07) is 0. The summed E-state index contributed by atoms with van der Waals surface area (Å²) in [4.78, 5) is 45.1. The first-order chi connectivity index (χ1) is 10.5. The fraction of sp³-hybridized carbons (Fsp3) is 0.538. The zero-order valence-corrected chi connectivity index (χ0v) is 12.7. The molecule has 0 radical (unpaired) electrons. The van der Waals surface area contributed by atoms with Crippen molar-refractivity contribution in [3.63, 3.8) is 0 Å². The second kappa shape index (κ2) is 11.3. The highest BCUT2D eigenvalue weighted by Crippen LogP contribution is 2.03. The second-order valence-corrected chi connectivity index (χ2v) is 4.32. The molecule has 1 rings (SSSR count). The number of carbonyl (C=O) groups is 4. The Morgan fingerprint density at radius 2 is 1.70 bits per heavy atom. The normalized spacial score (nSPS) is 13.1. The highest BCUT2D eigenvalue weighted by Gasteiger charge is 2.23. The summed E-state index contributed by atoms with van der Waals surface area (Å²) in [6.45, 7) is 0.588. The molecule has 0 aromatic heterocycles. The maximum absolute atomic E-state index is 11.5. The van der Waals surface area contributed by atoms with Crippen LogP contribution in [0.5, 0.6) is 0 Å². The lowest BCUT2D eigenvalue weighted by Crippen LogP contribution is -2.35. The minimum atomic E-state index is -1.04. The van der Waals surface area contributed by atoms with Crippen molar-refractivity contribution in [3.05, 3.63) is 12.2 Å². The van der Waals surface area contributed by atoms with E-state index in [2.05, 4.69) is 5.32 Å². The number of hydrogen-bond donors (Lipinski definition) is 3. The summed E-state index contributed by atoms with van der Waals surface area (Å²) in [5, 5.41) is 10.9. The predicted molar refractivity (Wildman–Crippen MR) is 77.8 cm³/mol. The van der Waals surface area contributed by atoms with Gasteiger partial charge in [-0.05, 0) is 0 Å². The molecular weight excluding hydrogens is 310 g/mol. The van der Waals surface area contributed by atoms with Crippen LogP contribution >= 0.6 is 0 Å². The fourth-order valence-corrected chi connectivity index (χ4v) is 1.60. The summed E-state index contributed by atoms with van der Waals surface area (Å²) >= 11 is 0. The molecule has 0 bridgehead atoms. The van der Waals surface area contributed by atoms with Gasteiger partial charge in [0.2, 0.25) is 5.91 Å². The number of aliphatic carboxylic acids is 1. The highest BCUT2D eigenvalue weighted by molar-refractivity contribution is 6.13. The first kappa shape index (κ1) is 20.7. The van der Waals surface area contributed by atoms with E-state index < -0.39 is 17.8 Å². The zero-order valence-electron chi connectivity index (χ0n) is 12.7. The molecule has 0 fully saturated rings. The van der Waals surface area contributed by atoms with E-state index in [1.165, 1.54) is 12.2 Å². The minimum absolute atomic E-state index is 0. The molecule has 0 saturated heterocycles. The summed E-state index contributed by atoms with van der Waals surface area (Å²) in [7, 11) is 0. The Labute approximate surface area is 133 Å². The van der Waals surface area contributed by atoms with Crippen molar-refractivity contribution in [3.8, 4) is 0 Å². The second-order valence-electron chi connectivity index (χ2n) is 4.32. The van der Waals surface area contributed by atoms with Crippen LogP contribution in [0.4, 0.5) is 0 Å². The predicted octanol–water partition coefficient (Wildman–Crippen LogP) is -1.30. The molecule has 23 heavy (non-hydrogen) atoms. The van der Waals surface area contributed by atoms with Gasteiger partial charge in [-0.25, -0.2) is 4.79 Å². The fourth-order valence-electron chi connectivity index (χ4n) is 1.60. The molecule has 0 atom stereocenters. The molecule has 3 amide bonds. The van der Waals surface area contributed by atoms with Gasteiger partial charge in [0, 0.05) is 31.7 Å². The quantitative estimate of drug-likeness (QED) is 0.311. The number of carbonyl (C=O) groups excluding carboxylic acids is 3. The van der Waals surface area contributed by atoms with E-state index in [9.17, 15) is 19.2 Å². The number of imide groups is 1. The number of rotatable bonds is 11. The van der Waals surface area contributed by atoms with Crippen LogP contribution < -0.4 is 11.5 Å². The molecule has 0 aliphatic carbocycles. The Morgan fingerprint density at radius 1 is 1.09 bits per heavy atom. The molecule has 10 heteroatoms. The van der Waals surface area contributed by atoms with Gasteiger partial charge in [0.05, 0.1) is 19.8 Å². The van der Waals surface area contributed by atoms with Gasteiger partial charge >= 0.3 is 5.97 Å². The van der Waals surface area contributed by atoms with Gasteiger partial charge < -0.3 is 26.0 Å². The lowest BCUT2D eigenvalue weighted by molar-refractivity contribution is -0.143. The Hall–Kier alpha value is -2.30. The van der Waals surface area contributed by atoms with Gasteiger partial charge in [0.25, 0.3) is 11.8 Å². The monoisotopic (exact) mass is 331 g/mol. The van der Waals surface area contributed by atoms with Crippen LogP contribution in [-0.4, -0.2) is 73.2 Å². The van der Waals surface area contributed by atoms with Gasteiger partial charge in [0.15, 0.2) is 0 Å². The molecule has 0 saturated carbocycles. The number of carboxylic acid groups (broad SMARTS) is 1. The van der Waals surface area contributed by atoms with Crippen molar-refractivity contribution >= 4 is 23.7 Å². The molecule has 1 heterocycles. The van der Waals surface area contributed by atoms with Crippen LogP contribution in [0.3, 0.4) is 0 Å². The van der Waals surface area contributed by atoms with Crippen LogP contribution in [0.1, 0.15) is 6.42 Å². The van der Waals surface area contributed by atoms with Crippen LogP contribution in [0, 0.1) is 0 Å². The zero-order chi connectivity index (χ0) is 16.4.